The van der Waals surface area contributed by atoms with Crippen molar-refractivity contribution in [1.82, 2.24) is 4.90 Å². The number of benzene rings is 2. The normalized spacial score (nSPS) is 40.5. The molecule has 2 aromatic rings. The molecule has 2 saturated carbocycles. The van der Waals surface area contributed by atoms with Crippen molar-refractivity contribution in [3.05, 3.63) is 53.1 Å². The monoisotopic (exact) mass is 430 g/mol. The number of piperidine rings is 1. The second-order valence-corrected chi connectivity index (χ2v) is 11.3. The molecule has 3 aliphatic heterocycles. The van der Waals surface area contributed by atoms with E-state index in [4.69, 9.17) is 4.74 Å². The first kappa shape index (κ1) is 18.2. The van der Waals surface area contributed by atoms with Crippen LogP contribution >= 0.6 is 0 Å². The summed E-state index contributed by atoms with van der Waals surface area (Å²) in [5.41, 5.74) is 3.69. The standard InChI is InChI=1S/C27H30N2O3/c1-28-19-5-3-2-4-17(19)18-13-27(31)21-12-16-8-9-20(30)24-22(16)26(27,25(32-24)23(18)28)10-11-29(21)14-15-6-7-15/h2-5,8-9,15,18,21,23,25,30-31H,6-7,10-14H2,1H3/t18?,21-,23?,25+,26+,27-/m1/s1. The molecule has 0 aromatic heterocycles. The van der Waals surface area contributed by atoms with Gasteiger partial charge >= 0.3 is 0 Å². The molecule has 8 rings (SSSR count). The number of ether oxygens (including phenoxy) is 1. The van der Waals surface area contributed by atoms with Crippen molar-refractivity contribution in [3.63, 3.8) is 0 Å². The van der Waals surface area contributed by atoms with Crippen LogP contribution < -0.4 is 9.64 Å². The van der Waals surface area contributed by atoms with Crippen molar-refractivity contribution in [1.29, 1.82) is 0 Å². The van der Waals surface area contributed by atoms with Crippen LogP contribution in [0.15, 0.2) is 36.4 Å². The van der Waals surface area contributed by atoms with Crippen molar-refractivity contribution >= 4 is 5.69 Å². The average molecular weight is 431 g/mol. The highest BCUT2D eigenvalue weighted by Gasteiger charge is 2.75. The molecule has 6 aliphatic rings. The molecular weight excluding hydrogens is 400 g/mol. The average Bonchev–Trinajstić information content (AvgIpc) is 3.47. The van der Waals surface area contributed by atoms with Crippen molar-refractivity contribution in [3.8, 4) is 11.5 Å². The van der Waals surface area contributed by atoms with Crippen LogP contribution in [-0.4, -0.2) is 59.0 Å². The zero-order valence-electron chi connectivity index (χ0n) is 18.5. The van der Waals surface area contributed by atoms with Gasteiger partial charge in [0.1, 0.15) is 6.10 Å². The number of para-hydroxylation sites is 1. The van der Waals surface area contributed by atoms with Crippen LogP contribution in [0.5, 0.6) is 11.5 Å². The first-order valence-electron chi connectivity index (χ1n) is 12.3. The first-order valence-corrected chi connectivity index (χ1v) is 12.3. The van der Waals surface area contributed by atoms with Gasteiger partial charge in [-0.2, -0.15) is 0 Å². The van der Waals surface area contributed by atoms with Crippen LogP contribution in [0, 0.1) is 5.92 Å². The van der Waals surface area contributed by atoms with Crippen molar-refractivity contribution in [2.45, 2.75) is 67.2 Å². The molecule has 2 N–H and O–H groups in total. The Kier molecular flexibility index (Phi) is 3.20. The Balaban J connectivity index is 1.37. The zero-order chi connectivity index (χ0) is 21.4. The Bertz CT molecular complexity index is 1160. The fraction of sp³-hybridized carbons (Fsp3) is 0.556. The number of rotatable bonds is 2. The van der Waals surface area contributed by atoms with E-state index in [0.29, 0.717) is 5.75 Å². The molecule has 2 aromatic carbocycles. The van der Waals surface area contributed by atoms with Gasteiger partial charge in [-0.05, 0) is 67.8 Å². The first-order chi connectivity index (χ1) is 15.5. The highest BCUT2D eigenvalue weighted by atomic mass is 16.5. The number of anilines is 1. The molecular formula is C27H30N2O3. The molecule has 0 amide bonds. The highest BCUT2D eigenvalue weighted by molar-refractivity contribution is 5.68. The fourth-order valence-electron chi connectivity index (χ4n) is 8.54. The Morgan fingerprint density at radius 1 is 1.16 bits per heavy atom. The van der Waals surface area contributed by atoms with Gasteiger partial charge in [-0.15, -0.1) is 0 Å². The summed E-state index contributed by atoms with van der Waals surface area (Å²) in [7, 11) is 2.18. The van der Waals surface area contributed by atoms with E-state index in [-0.39, 0.29) is 29.9 Å². The van der Waals surface area contributed by atoms with Crippen LogP contribution in [0.25, 0.3) is 0 Å². The van der Waals surface area contributed by atoms with Crippen LogP contribution in [0.1, 0.15) is 48.3 Å². The number of phenolic OH excluding ortho intramolecular Hbond substituents is 1. The maximum atomic E-state index is 12.8. The van der Waals surface area contributed by atoms with Gasteiger partial charge in [-0.3, -0.25) is 4.90 Å². The molecule has 1 saturated heterocycles. The third-order valence-corrected chi connectivity index (χ3v) is 9.98. The van der Waals surface area contributed by atoms with E-state index in [2.05, 4.69) is 47.2 Å². The lowest BCUT2D eigenvalue weighted by molar-refractivity contribution is -0.192. The van der Waals surface area contributed by atoms with Crippen molar-refractivity contribution < 1.29 is 14.9 Å². The van der Waals surface area contributed by atoms with Gasteiger partial charge in [-0.1, -0.05) is 24.3 Å². The van der Waals surface area contributed by atoms with Gasteiger partial charge in [0.05, 0.1) is 17.1 Å². The summed E-state index contributed by atoms with van der Waals surface area (Å²) in [6.07, 6.45) is 5.01. The molecule has 5 heteroatoms. The quantitative estimate of drug-likeness (QED) is 0.767. The predicted molar refractivity (Wildman–Crippen MR) is 122 cm³/mol. The Morgan fingerprint density at radius 2 is 2.00 bits per heavy atom. The van der Waals surface area contributed by atoms with Gasteiger partial charge in [0.15, 0.2) is 11.5 Å². The molecule has 2 bridgehead atoms. The van der Waals surface area contributed by atoms with Gasteiger partial charge in [0.2, 0.25) is 0 Å². The number of likely N-dealkylation sites (N-methyl/N-ethyl adjacent to an activating group) is 1. The second-order valence-electron chi connectivity index (χ2n) is 11.3. The minimum absolute atomic E-state index is 0.116. The van der Waals surface area contributed by atoms with Crippen LogP contribution in [0.4, 0.5) is 5.69 Å². The smallest absolute Gasteiger partial charge is 0.165 e. The lowest BCUT2D eigenvalue weighted by atomic mass is 9.46. The van der Waals surface area contributed by atoms with E-state index in [1.807, 2.05) is 0 Å². The van der Waals surface area contributed by atoms with E-state index in [9.17, 15) is 10.2 Å². The zero-order valence-corrected chi connectivity index (χ0v) is 18.5. The maximum absolute atomic E-state index is 12.8. The Labute approximate surface area is 188 Å². The Hall–Kier alpha value is -2.24. The second kappa shape index (κ2) is 5.63. The number of phenols is 1. The molecule has 5 nitrogen and oxygen atoms in total. The summed E-state index contributed by atoms with van der Waals surface area (Å²) in [5.74, 6) is 1.91. The number of nitrogens with zero attached hydrogens (tertiary/aromatic N) is 2. The molecule has 3 aliphatic carbocycles. The maximum Gasteiger partial charge on any atom is 0.165 e. The lowest BCUT2D eigenvalue weighted by Crippen LogP contribution is -2.78. The summed E-state index contributed by atoms with van der Waals surface area (Å²) < 4.78 is 6.75. The number of hydrogen-bond acceptors (Lipinski definition) is 5. The summed E-state index contributed by atoms with van der Waals surface area (Å²) in [6.45, 7) is 2.12. The number of aliphatic hydroxyl groups is 1. The fourth-order valence-corrected chi connectivity index (χ4v) is 8.54. The third-order valence-electron chi connectivity index (χ3n) is 9.98. The third kappa shape index (κ3) is 1.88. The lowest BCUT2D eigenvalue weighted by Gasteiger charge is -2.65. The minimum atomic E-state index is -0.851. The molecule has 2 unspecified atom stereocenters. The molecule has 1 spiro atoms. The molecule has 32 heavy (non-hydrogen) atoms. The van der Waals surface area contributed by atoms with Gasteiger partial charge in [0.25, 0.3) is 0 Å². The largest absolute Gasteiger partial charge is 0.504 e. The highest BCUT2D eigenvalue weighted by Crippen LogP contribution is 2.69. The van der Waals surface area contributed by atoms with E-state index in [0.717, 1.165) is 43.8 Å². The van der Waals surface area contributed by atoms with Crippen LogP contribution in [-0.2, 0) is 11.8 Å². The van der Waals surface area contributed by atoms with E-state index in [1.54, 1.807) is 6.07 Å². The number of hydrogen-bond donors (Lipinski definition) is 2. The predicted octanol–water partition coefficient (Wildman–Crippen LogP) is 3.17. The van der Waals surface area contributed by atoms with Crippen LogP contribution in [0.2, 0.25) is 0 Å². The van der Waals surface area contributed by atoms with Gasteiger partial charge in [0, 0.05) is 36.8 Å². The van der Waals surface area contributed by atoms with Crippen molar-refractivity contribution in [2.24, 2.45) is 5.92 Å². The Morgan fingerprint density at radius 3 is 2.84 bits per heavy atom. The topological polar surface area (TPSA) is 56.2 Å². The number of fused-ring (bicyclic) bond motifs is 4. The van der Waals surface area contributed by atoms with Crippen molar-refractivity contribution in [2.75, 3.05) is 25.0 Å². The molecule has 3 fully saturated rings. The number of likely N-dealkylation sites (tertiary alicyclic amines) is 1. The molecule has 0 radical (unpaired) electrons. The number of aromatic hydroxyl groups is 1. The molecule has 6 atom stereocenters. The van der Waals surface area contributed by atoms with E-state index < -0.39 is 11.0 Å². The van der Waals surface area contributed by atoms with Gasteiger partial charge < -0.3 is 19.8 Å². The summed E-state index contributed by atoms with van der Waals surface area (Å²) in [4.78, 5) is 5.00. The van der Waals surface area contributed by atoms with E-state index in [1.165, 1.54) is 29.7 Å². The van der Waals surface area contributed by atoms with E-state index >= 15 is 0 Å². The SMILES string of the molecule is CN1c2ccccc2C2C[C@@]3(O)[C@H]4Cc5ccc(O)c6c5[C@@]3(CCN4CC3CC3)[C@@H](O6)C21. The summed E-state index contributed by atoms with van der Waals surface area (Å²) in [5, 5.41) is 23.7. The molecule has 3 heterocycles. The van der Waals surface area contributed by atoms with Crippen LogP contribution in [0.3, 0.4) is 0 Å². The molecule has 166 valence electrons. The summed E-state index contributed by atoms with van der Waals surface area (Å²) in [6, 6.07) is 12.9. The van der Waals surface area contributed by atoms with Gasteiger partial charge in [-0.25, -0.2) is 0 Å². The minimum Gasteiger partial charge on any atom is -0.504 e. The summed E-state index contributed by atoms with van der Waals surface area (Å²) >= 11 is 0.